The van der Waals surface area contributed by atoms with Crippen molar-refractivity contribution in [2.75, 3.05) is 25.5 Å². The summed E-state index contributed by atoms with van der Waals surface area (Å²) in [5, 5.41) is 1.20. The van der Waals surface area contributed by atoms with E-state index in [-0.39, 0.29) is 5.41 Å². The van der Waals surface area contributed by atoms with Crippen LogP contribution in [0.1, 0.15) is 31.9 Å². The Labute approximate surface area is 121 Å². The van der Waals surface area contributed by atoms with Crippen molar-refractivity contribution in [1.82, 2.24) is 4.98 Å². The SMILES string of the molecule is CN(C)c1nc2ccc(C(C)(C)C)cc2cc1CCN. The van der Waals surface area contributed by atoms with Crippen molar-refractivity contribution in [1.29, 1.82) is 0 Å². The molecular weight excluding hydrogens is 246 g/mol. The molecular formula is C17H25N3. The third-order valence-electron chi connectivity index (χ3n) is 3.57. The lowest BCUT2D eigenvalue weighted by molar-refractivity contribution is 0.591. The van der Waals surface area contributed by atoms with Gasteiger partial charge in [0.15, 0.2) is 0 Å². The summed E-state index contributed by atoms with van der Waals surface area (Å²) in [5.41, 5.74) is 9.48. The van der Waals surface area contributed by atoms with Gasteiger partial charge in [0, 0.05) is 19.5 Å². The molecule has 1 heterocycles. The number of benzene rings is 1. The van der Waals surface area contributed by atoms with E-state index in [0.29, 0.717) is 6.54 Å². The number of nitrogens with two attached hydrogens (primary N) is 1. The molecule has 0 radical (unpaired) electrons. The predicted molar refractivity (Wildman–Crippen MR) is 87.5 cm³/mol. The molecule has 1 aromatic carbocycles. The van der Waals surface area contributed by atoms with Gasteiger partial charge in [-0.25, -0.2) is 4.98 Å². The lowest BCUT2D eigenvalue weighted by atomic mass is 9.86. The number of nitrogens with zero attached hydrogens (tertiary/aromatic N) is 2. The highest BCUT2D eigenvalue weighted by atomic mass is 15.1. The van der Waals surface area contributed by atoms with Crippen molar-refractivity contribution >= 4 is 16.7 Å². The van der Waals surface area contributed by atoms with Gasteiger partial charge in [0.25, 0.3) is 0 Å². The number of hydrogen-bond donors (Lipinski definition) is 1. The fourth-order valence-corrected chi connectivity index (χ4v) is 2.40. The molecule has 0 spiro atoms. The van der Waals surface area contributed by atoms with Crippen LogP contribution in [-0.2, 0) is 11.8 Å². The van der Waals surface area contributed by atoms with Crippen LogP contribution in [0.4, 0.5) is 5.82 Å². The second-order valence-electron chi connectivity index (χ2n) is 6.56. The monoisotopic (exact) mass is 271 g/mol. The molecule has 0 aliphatic heterocycles. The van der Waals surface area contributed by atoms with Crippen molar-refractivity contribution in [2.24, 2.45) is 5.73 Å². The van der Waals surface area contributed by atoms with E-state index in [9.17, 15) is 0 Å². The van der Waals surface area contributed by atoms with Gasteiger partial charge in [-0.2, -0.15) is 0 Å². The van der Waals surface area contributed by atoms with Gasteiger partial charge in [0.05, 0.1) is 5.52 Å². The predicted octanol–water partition coefficient (Wildman–Crippen LogP) is 3.10. The van der Waals surface area contributed by atoms with E-state index < -0.39 is 0 Å². The quantitative estimate of drug-likeness (QED) is 0.932. The number of rotatable bonds is 3. The maximum absolute atomic E-state index is 5.73. The Balaban J connectivity index is 2.62. The molecule has 20 heavy (non-hydrogen) atoms. The van der Waals surface area contributed by atoms with Gasteiger partial charge in [-0.15, -0.1) is 0 Å². The molecule has 0 bridgehead atoms. The van der Waals surface area contributed by atoms with E-state index in [1.807, 2.05) is 14.1 Å². The number of anilines is 1. The van der Waals surface area contributed by atoms with Gasteiger partial charge >= 0.3 is 0 Å². The summed E-state index contributed by atoms with van der Waals surface area (Å²) in [6.07, 6.45) is 0.857. The van der Waals surface area contributed by atoms with Crippen molar-refractivity contribution in [3.63, 3.8) is 0 Å². The van der Waals surface area contributed by atoms with Crippen LogP contribution in [-0.4, -0.2) is 25.6 Å². The Bertz CT molecular complexity index is 609. The van der Waals surface area contributed by atoms with E-state index in [1.54, 1.807) is 0 Å². The van der Waals surface area contributed by atoms with Crippen LogP contribution in [0.25, 0.3) is 10.9 Å². The molecule has 2 N–H and O–H groups in total. The smallest absolute Gasteiger partial charge is 0.132 e. The summed E-state index contributed by atoms with van der Waals surface area (Å²) < 4.78 is 0. The summed E-state index contributed by atoms with van der Waals surface area (Å²) in [4.78, 5) is 6.84. The maximum Gasteiger partial charge on any atom is 0.132 e. The minimum atomic E-state index is 0.155. The molecule has 2 rings (SSSR count). The Morgan fingerprint density at radius 1 is 1.15 bits per heavy atom. The molecule has 0 saturated carbocycles. The summed E-state index contributed by atoms with van der Waals surface area (Å²) >= 11 is 0. The topological polar surface area (TPSA) is 42.2 Å². The van der Waals surface area contributed by atoms with Gasteiger partial charge in [-0.1, -0.05) is 26.8 Å². The molecule has 1 aromatic heterocycles. The van der Waals surface area contributed by atoms with E-state index in [4.69, 9.17) is 10.7 Å². The van der Waals surface area contributed by atoms with Crippen LogP contribution in [0.2, 0.25) is 0 Å². The molecule has 0 atom stereocenters. The first-order valence-electron chi connectivity index (χ1n) is 7.14. The summed E-state index contributed by atoms with van der Waals surface area (Å²) in [6.45, 7) is 7.34. The third kappa shape index (κ3) is 2.93. The zero-order chi connectivity index (χ0) is 14.9. The Kier molecular flexibility index (Phi) is 4.00. The van der Waals surface area contributed by atoms with Gasteiger partial charge in [-0.3, -0.25) is 0 Å². The van der Waals surface area contributed by atoms with Crippen molar-refractivity contribution < 1.29 is 0 Å². The fraction of sp³-hybridized carbons (Fsp3) is 0.471. The molecule has 0 saturated heterocycles. The van der Waals surface area contributed by atoms with Gasteiger partial charge in [-0.05, 0) is 47.7 Å². The van der Waals surface area contributed by atoms with Crippen LogP contribution < -0.4 is 10.6 Å². The van der Waals surface area contributed by atoms with E-state index >= 15 is 0 Å². The number of hydrogen-bond acceptors (Lipinski definition) is 3. The van der Waals surface area contributed by atoms with Crippen molar-refractivity contribution in [3.8, 4) is 0 Å². The first kappa shape index (κ1) is 14.8. The molecule has 0 aliphatic rings. The van der Waals surface area contributed by atoms with Crippen molar-refractivity contribution in [2.45, 2.75) is 32.6 Å². The Morgan fingerprint density at radius 2 is 1.85 bits per heavy atom. The minimum Gasteiger partial charge on any atom is -0.362 e. The molecule has 0 aliphatic carbocycles. The molecule has 0 fully saturated rings. The van der Waals surface area contributed by atoms with E-state index in [2.05, 4.69) is 49.9 Å². The highest BCUT2D eigenvalue weighted by Crippen LogP contribution is 2.28. The fourth-order valence-electron chi connectivity index (χ4n) is 2.40. The highest BCUT2D eigenvalue weighted by Gasteiger charge is 2.15. The number of pyridine rings is 1. The summed E-state index contributed by atoms with van der Waals surface area (Å²) in [6, 6.07) is 8.79. The molecule has 108 valence electrons. The van der Waals surface area contributed by atoms with Gasteiger partial charge in [0.1, 0.15) is 5.82 Å². The van der Waals surface area contributed by atoms with Gasteiger partial charge < -0.3 is 10.6 Å². The number of aromatic nitrogens is 1. The molecule has 3 nitrogen and oxygen atoms in total. The zero-order valence-corrected chi connectivity index (χ0v) is 13.2. The van der Waals surface area contributed by atoms with Crippen molar-refractivity contribution in [3.05, 3.63) is 35.4 Å². The van der Waals surface area contributed by atoms with Gasteiger partial charge in [0.2, 0.25) is 0 Å². The summed E-state index contributed by atoms with van der Waals surface area (Å²) in [5.74, 6) is 1.02. The Morgan fingerprint density at radius 3 is 2.40 bits per heavy atom. The first-order valence-corrected chi connectivity index (χ1v) is 7.14. The molecule has 0 unspecified atom stereocenters. The average molecular weight is 271 g/mol. The van der Waals surface area contributed by atoms with E-state index in [0.717, 1.165) is 17.8 Å². The normalized spacial score (nSPS) is 11.9. The summed E-state index contributed by atoms with van der Waals surface area (Å²) in [7, 11) is 4.05. The lowest BCUT2D eigenvalue weighted by Crippen LogP contribution is -2.16. The average Bonchev–Trinajstić information content (AvgIpc) is 2.36. The standard InChI is InChI=1S/C17H25N3/c1-17(2,3)14-6-7-15-13(11-14)10-12(8-9-18)16(19-15)20(4)5/h6-7,10-11H,8-9,18H2,1-5H3. The second kappa shape index (κ2) is 5.41. The van der Waals surface area contributed by atoms with Crippen LogP contribution in [0.15, 0.2) is 24.3 Å². The number of fused-ring (bicyclic) bond motifs is 1. The lowest BCUT2D eigenvalue weighted by Gasteiger charge is -2.21. The molecule has 0 amide bonds. The maximum atomic E-state index is 5.73. The minimum absolute atomic E-state index is 0.155. The Hall–Kier alpha value is -1.61. The zero-order valence-electron chi connectivity index (χ0n) is 13.2. The van der Waals surface area contributed by atoms with Crippen LogP contribution in [0.3, 0.4) is 0 Å². The third-order valence-corrected chi connectivity index (χ3v) is 3.57. The molecule has 3 heteroatoms. The van der Waals surface area contributed by atoms with Crippen LogP contribution in [0.5, 0.6) is 0 Å². The molecule has 2 aromatic rings. The first-order chi connectivity index (χ1) is 9.32. The second-order valence-corrected chi connectivity index (χ2v) is 6.56. The highest BCUT2D eigenvalue weighted by molar-refractivity contribution is 5.82. The van der Waals surface area contributed by atoms with Crippen LogP contribution >= 0.6 is 0 Å². The van der Waals surface area contributed by atoms with E-state index in [1.165, 1.54) is 16.5 Å². The van der Waals surface area contributed by atoms with Crippen LogP contribution in [0, 0.1) is 0 Å². The largest absolute Gasteiger partial charge is 0.362 e.